The van der Waals surface area contributed by atoms with Gasteiger partial charge in [0.25, 0.3) is 0 Å². The van der Waals surface area contributed by atoms with Gasteiger partial charge >= 0.3 is 0 Å². The highest BCUT2D eigenvalue weighted by Crippen LogP contribution is 2.25. The molecule has 6 heteroatoms. The molecule has 0 fully saturated rings. The van der Waals surface area contributed by atoms with Crippen molar-refractivity contribution >= 4 is 11.8 Å². The molecular weight excluding hydrogens is 244 g/mol. The van der Waals surface area contributed by atoms with Gasteiger partial charge in [0, 0.05) is 18.2 Å². The summed E-state index contributed by atoms with van der Waals surface area (Å²) in [5.41, 5.74) is 6.31. The monoisotopic (exact) mass is 260 g/mol. The van der Waals surface area contributed by atoms with E-state index in [1.54, 1.807) is 18.2 Å². The number of benzene rings is 1. The largest absolute Gasteiger partial charge is 0.438 e. The third-order valence-corrected chi connectivity index (χ3v) is 2.44. The van der Waals surface area contributed by atoms with Crippen molar-refractivity contribution in [2.45, 2.75) is 13.5 Å². The van der Waals surface area contributed by atoms with Crippen molar-refractivity contribution in [2.24, 2.45) is 0 Å². The predicted molar refractivity (Wildman–Crippen MR) is 73.0 cm³/mol. The van der Waals surface area contributed by atoms with Gasteiger partial charge in [-0.1, -0.05) is 18.2 Å². The molecule has 0 aliphatic carbocycles. The first-order chi connectivity index (χ1) is 9.22. The third-order valence-electron chi connectivity index (χ3n) is 2.44. The molecular formula is C13H16N4O2. The Hall–Kier alpha value is -2.34. The van der Waals surface area contributed by atoms with Crippen LogP contribution in [-0.4, -0.2) is 21.6 Å². The molecule has 0 radical (unpaired) electrons. The van der Waals surface area contributed by atoms with Crippen LogP contribution in [0.1, 0.15) is 12.5 Å². The number of nitrogen functional groups attached to an aromatic ring is 1. The van der Waals surface area contributed by atoms with Crippen molar-refractivity contribution in [2.75, 3.05) is 17.6 Å². The van der Waals surface area contributed by atoms with Crippen LogP contribution in [-0.2, 0) is 6.61 Å². The van der Waals surface area contributed by atoms with Gasteiger partial charge in [0.15, 0.2) is 0 Å². The molecule has 1 aromatic carbocycles. The number of rotatable bonds is 5. The van der Waals surface area contributed by atoms with Gasteiger partial charge in [-0.3, -0.25) is 0 Å². The van der Waals surface area contributed by atoms with Crippen molar-refractivity contribution < 1.29 is 9.84 Å². The quantitative estimate of drug-likeness (QED) is 0.758. The Morgan fingerprint density at radius 1 is 1.32 bits per heavy atom. The van der Waals surface area contributed by atoms with E-state index in [4.69, 9.17) is 10.5 Å². The number of anilines is 2. The average molecular weight is 260 g/mol. The van der Waals surface area contributed by atoms with E-state index in [1.165, 1.54) is 0 Å². The highest BCUT2D eigenvalue weighted by atomic mass is 16.5. The fourth-order valence-electron chi connectivity index (χ4n) is 1.61. The molecule has 1 aromatic heterocycles. The number of nitrogens with two attached hydrogens (primary N) is 1. The normalized spacial score (nSPS) is 10.2. The number of para-hydroxylation sites is 1. The van der Waals surface area contributed by atoms with Gasteiger partial charge in [-0.25, -0.2) is 0 Å². The molecule has 100 valence electrons. The molecule has 6 nitrogen and oxygen atoms in total. The Morgan fingerprint density at radius 2 is 2.11 bits per heavy atom. The minimum Gasteiger partial charge on any atom is -0.438 e. The van der Waals surface area contributed by atoms with Gasteiger partial charge in [0.2, 0.25) is 11.8 Å². The third kappa shape index (κ3) is 3.32. The summed E-state index contributed by atoms with van der Waals surface area (Å²) in [7, 11) is 0. The fourth-order valence-corrected chi connectivity index (χ4v) is 1.61. The lowest BCUT2D eigenvalue weighted by molar-refractivity contribution is 0.276. The molecule has 0 atom stereocenters. The Labute approximate surface area is 111 Å². The van der Waals surface area contributed by atoms with Gasteiger partial charge in [-0.05, 0) is 13.0 Å². The van der Waals surface area contributed by atoms with Gasteiger partial charge in [0.1, 0.15) is 11.6 Å². The summed E-state index contributed by atoms with van der Waals surface area (Å²) in [5.74, 6) is 1.62. The maximum Gasteiger partial charge on any atom is 0.226 e. The molecule has 0 unspecified atom stereocenters. The molecule has 0 amide bonds. The molecule has 0 aliphatic heterocycles. The van der Waals surface area contributed by atoms with E-state index in [0.29, 0.717) is 23.0 Å². The topological polar surface area (TPSA) is 93.3 Å². The van der Waals surface area contributed by atoms with Crippen molar-refractivity contribution in [1.29, 1.82) is 0 Å². The van der Waals surface area contributed by atoms with Gasteiger partial charge in [0.05, 0.1) is 6.61 Å². The van der Waals surface area contributed by atoms with Crippen LogP contribution in [0.4, 0.5) is 11.8 Å². The minimum atomic E-state index is -0.100. The van der Waals surface area contributed by atoms with E-state index in [2.05, 4.69) is 15.3 Å². The Morgan fingerprint density at radius 3 is 2.84 bits per heavy atom. The second kappa shape index (κ2) is 6.01. The van der Waals surface area contributed by atoms with Crippen LogP contribution in [0.2, 0.25) is 0 Å². The Kier molecular flexibility index (Phi) is 4.15. The Balaban J connectivity index is 2.27. The average Bonchev–Trinajstić information content (AvgIpc) is 2.39. The molecule has 2 rings (SSSR count). The maximum atomic E-state index is 9.24. The summed E-state index contributed by atoms with van der Waals surface area (Å²) >= 11 is 0. The second-order valence-corrected chi connectivity index (χ2v) is 3.85. The van der Waals surface area contributed by atoms with Crippen LogP contribution in [0, 0.1) is 0 Å². The Bertz CT molecular complexity index is 560. The SMILES string of the molecule is CCNc1cc(Oc2ccccc2CO)nc(N)n1. The fraction of sp³-hybridized carbons (Fsp3) is 0.231. The first-order valence-electron chi connectivity index (χ1n) is 5.98. The number of nitrogens with one attached hydrogen (secondary N) is 1. The number of nitrogens with zero attached hydrogens (tertiary/aromatic N) is 2. The molecule has 0 spiro atoms. The second-order valence-electron chi connectivity index (χ2n) is 3.85. The zero-order chi connectivity index (χ0) is 13.7. The van der Waals surface area contributed by atoms with E-state index in [0.717, 1.165) is 6.54 Å². The lowest BCUT2D eigenvalue weighted by Crippen LogP contribution is -2.04. The lowest BCUT2D eigenvalue weighted by atomic mass is 10.2. The summed E-state index contributed by atoms with van der Waals surface area (Å²) in [6, 6.07) is 8.86. The summed E-state index contributed by atoms with van der Waals surface area (Å²) < 4.78 is 5.64. The van der Waals surface area contributed by atoms with Crippen LogP contribution in [0.15, 0.2) is 30.3 Å². The summed E-state index contributed by atoms with van der Waals surface area (Å²) in [4.78, 5) is 8.04. The van der Waals surface area contributed by atoms with E-state index in [9.17, 15) is 5.11 Å². The molecule has 0 saturated heterocycles. The molecule has 2 aromatic rings. The van der Waals surface area contributed by atoms with E-state index < -0.39 is 0 Å². The first-order valence-corrected chi connectivity index (χ1v) is 5.98. The molecule has 0 aliphatic rings. The maximum absolute atomic E-state index is 9.24. The number of aromatic nitrogens is 2. The van der Waals surface area contributed by atoms with Crippen LogP contribution >= 0.6 is 0 Å². The van der Waals surface area contributed by atoms with Gasteiger partial charge in [-0.2, -0.15) is 9.97 Å². The number of hydrogen-bond donors (Lipinski definition) is 3. The van der Waals surface area contributed by atoms with Crippen LogP contribution in [0.25, 0.3) is 0 Å². The van der Waals surface area contributed by atoms with Crippen molar-refractivity contribution in [3.8, 4) is 11.6 Å². The predicted octanol–water partition coefficient (Wildman–Crippen LogP) is 1.78. The van der Waals surface area contributed by atoms with Gasteiger partial charge in [-0.15, -0.1) is 0 Å². The minimum absolute atomic E-state index is 0.100. The molecule has 0 bridgehead atoms. The number of aliphatic hydroxyl groups excluding tert-OH is 1. The first kappa shape index (κ1) is 13.1. The highest BCUT2D eigenvalue weighted by Gasteiger charge is 2.07. The van der Waals surface area contributed by atoms with Crippen LogP contribution in [0.3, 0.4) is 0 Å². The van der Waals surface area contributed by atoms with Gasteiger partial charge < -0.3 is 20.9 Å². The van der Waals surface area contributed by atoms with E-state index in [-0.39, 0.29) is 12.6 Å². The van der Waals surface area contributed by atoms with E-state index >= 15 is 0 Å². The standard InChI is InChI=1S/C13H16N4O2/c1-2-15-11-7-12(17-13(14)16-11)19-10-6-4-3-5-9(10)8-18/h3-7,18H,2,8H2,1H3,(H3,14,15,16,17). The smallest absolute Gasteiger partial charge is 0.226 e. The van der Waals surface area contributed by atoms with Crippen molar-refractivity contribution in [3.63, 3.8) is 0 Å². The molecule has 0 saturated carbocycles. The summed E-state index contributed by atoms with van der Waals surface area (Å²) in [6.45, 7) is 2.58. The number of ether oxygens (including phenoxy) is 1. The molecule has 1 heterocycles. The number of hydrogen-bond acceptors (Lipinski definition) is 6. The van der Waals surface area contributed by atoms with Crippen LogP contribution < -0.4 is 15.8 Å². The van der Waals surface area contributed by atoms with E-state index in [1.807, 2.05) is 19.1 Å². The van der Waals surface area contributed by atoms with Crippen molar-refractivity contribution in [1.82, 2.24) is 9.97 Å². The van der Waals surface area contributed by atoms with Crippen molar-refractivity contribution in [3.05, 3.63) is 35.9 Å². The summed E-state index contributed by atoms with van der Waals surface area (Å²) in [6.07, 6.45) is 0. The lowest BCUT2D eigenvalue weighted by Gasteiger charge is -2.10. The highest BCUT2D eigenvalue weighted by molar-refractivity contribution is 5.44. The summed E-state index contributed by atoms with van der Waals surface area (Å²) in [5, 5.41) is 12.3. The molecule has 19 heavy (non-hydrogen) atoms. The zero-order valence-corrected chi connectivity index (χ0v) is 10.6. The zero-order valence-electron chi connectivity index (χ0n) is 10.6. The van der Waals surface area contributed by atoms with Crippen LogP contribution in [0.5, 0.6) is 11.6 Å². The number of aliphatic hydroxyl groups is 1. The molecule has 4 N–H and O–H groups in total.